The maximum Gasteiger partial charge on any atom is 0.264 e. The summed E-state index contributed by atoms with van der Waals surface area (Å²) in [5, 5.41) is 3.59. The number of rotatable bonds is 14. The van der Waals surface area contributed by atoms with Crippen LogP contribution < -0.4 is 9.62 Å². The summed E-state index contributed by atoms with van der Waals surface area (Å²) in [5.41, 5.74) is 2.64. The molecule has 236 valence electrons. The summed E-state index contributed by atoms with van der Waals surface area (Å²) in [6, 6.07) is 28.4. The second-order valence-corrected chi connectivity index (χ2v) is 13.2. The molecule has 0 fully saturated rings. The summed E-state index contributed by atoms with van der Waals surface area (Å²) in [6.45, 7) is 3.69. The second-order valence-electron chi connectivity index (χ2n) is 10.6. The predicted molar refractivity (Wildman–Crippen MR) is 181 cm³/mol. The third-order valence-corrected chi connectivity index (χ3v) is 9.95. The number of nitrogens with one attached hydrogen (secondary N) is 1. The van der Waals surface area contributed by atoms with Crippen LogP contribution in [0.25, 0.3) is 0 Å². The zero-order chi connectivity index (χ0) is 32.4. The van der Waals surface area contributed by atoms with Gasteiger partial charge in [0.1, 0.15) is 12.6 Å². The summed E-state index contributed by atoms with van der Waals surface area (Å²) in [6.07, 6.45) is 1.66. The zero-order valence-corrected chi connectivity index (χ0v) is 27.7. The van der Waals surface area contributed by atoms with E-state index in [4.69, 9.17) is 23.2 Å². The quantitative estimate of drug-likeness (QED) is 0.158. The molecule has 0 bridgehead atoms. The van der Waals surface area contributed by atoms with Crippen LogP contribution >= 0.6 is 23.2 Å². The maximum atomic E-state index is 14.5. The van der Waals surface area contributed by atoms with Crippen molar-refractivity contribution in [2.75, 3.05) is 17.4 Å². The Balaban J connectivity index is 1.82. The zero-order valence-electron chi connectivity index (χ0n) is 25.3. The monoisotopic (exact) mass is 665 g/mol. The van der Waals surface area contributed by atoms with E-state index < -0.39 is 28.5 Å². The molecule has 0 aliphatic carbocycles. The first-order valence-electron chi connectivity index (χ1n) is 14.9. The average Bonchev–Trinajstić information content (AvgIpc) is 3.06. The van der Waals surface area contributed by atoms with Gasteiger partial charge in [-0.25, -0.2) is 8.42 Å². The van der Waals surface area contributed by atoms with Gasteiger partial charge < -0.3 is 10.2 Å². The standard InChI is InChI=1S/C35H37Cl2N3O4S/c1-3-22-38-35(42)33(23-27-12-7-5-8-13-27)39(24-30-31(36)16-11-17-32(30)37)34(41)25-40(28-20-18-26(4-2)19-21-28)45(43,44)29-14-9-6-10-15-29/h5-21,33H,3-4,22-25H2,1-2H3,(H,38,42)/t33-/m0/s1. The van der Waals surface area contributed by atoms with Crippen LogP contribution in [0.3, 0.4) is 0 Å². The number of amides is 2. The number of anilines is 1. The normalized spacial score (nSPS) is 11.9. The number of sulfonamides is 1. The van der Waals surface area contributed by atoms with Crippen molar-refractivity contribution in [2.45, 2.75) is 50.6 Å². The van der Waals surface area contributed by atoms with Gasteiger partial charge in [0.15, 0.2) is 0 Å². The molecular weight excluding hydrogens is 629 g/mol. The Morgan fingerprint density at radius 2 is 1.38 bits per heavy atom. The lowest BCUT2D eigenvalue weighted by atomic mass is 10.0. The van der Waals surface area contributed by atoms with Crippen molar-refractivity contribution in [3.05, 3.63) is 130 Å². The van der Waals surface area contributed by atoms with E-state index in [1.807, 2.05) is 56.3 Å². The molecule has 2 amide bonds. The van der Waals surface area contributed by atoms with E-state index in [0.717, 1.165) is 21.9 Å². The Bertz CT molecular complexity index is 1670. The van der Waals surface area contributed by atoms with Gasteiger partial charge >= 0.3 is 0 Å². The Morgan fingerprint density at radius 1 is 0.778 bits per heavy atom. The van der Waals surface area contributed by atoms with Crippen molar-refractivity contribution in [3.8, 4) is 0 Å². The molecule has 0 saturated heterocycles. The topological polar surface area (TPSA) is 86.8 Å². The average molecular weight is 667 g/mol. The van der Waals surface area contributed by atoms with E-state index >= 15 is 0 Å². The van der Waals surface area contributed by atoms with Crippen molar-refractivity contribution in [3.63, 3.8) is 0 Å². The van der Waals surface area contributed by atoms with Crippen molar-refractivity contribution in [2.24, 2.45) is 0 Å². The molecule has 0 aliphatic heterocycles. The van der Waals surface area contributed by atoms with Crippen molar-refractivity contribution < 1.29 is 18.0 Å². The fourth-order valence-corrected chi connectivity index (χ4v) is 6.87. The summed E-state index contributed by atoms with van der Waals surface area (Å²) >= 11 is 13.1. The third-order valence-electron chi connectivity index (χ3n) is 7.45. The molecule has 0 unspecified atom stereocenters. The van der Waals surface area contributed by atoms with E-state index in [1.54, 1.807) is 48.5 Å². The van der Waals surface area contributed by atoms with Gasteiger partial charge in [-0.2, -0.15) is 0 Å². The first-order valence-corrected chi connectivity index (χ1v) is 17.1. The number of carbonyl (C=O) groups is 2. The van der Waals surface area contributed by atoms with E-state index in [-0.39, 0.29) is 23.8 Å². The summed E-state index contributed by atoms with van der Waals surface area (Å²) in [7, 11) is -4.18. The van der Waals surface area contributed by atoms with Gasteiger partial charge in [0.05, 0.1) is 10.6 Å². The number of hydrogen-bond donors (Lipinski definition) is 1. The SMILES string of the molecule is CCCNC(=O)[C@H](Cc1ccccc1)N(Cc1c(Cl)cccc1Cl)C(=O)CN(c1ccc(CC)cc1)S(=O)(=O)c1ccccc1. The molecule has 0 aliphatic rings. The van der Waals surface area contributed by atoms with Gasteiger partial charge in [0.2, 0.25) is 11.8 Å². The van der Waals surface area contributed by atoms with Crippen LogP contribution in [0.15, 0.2) is 108 Å². The van der Waals surface area contributed by atoms with Crippen LogP contribution in [-0.2, 0) is 39.0 Å². The number of nitrogens with zero attached hydrogens (tertiary/aromatic N) is 2. The molecule has 0 heterocycles. The minimum absolute atomic E-state index is 0.0413. The van der Waals surface area contributed by atoms with Gasteiger partial charge in [-0.05, 0) is 60.4 Å². The van der Waals surface area contributed by atoms with Crippen LogP contribution in [-0.4, -0.2) is 44.3 Å². The second kappa shape index (κ2) is 15.9. The Morgan fingerprint density at radius 3 is 1.96 bits per heavy atom. The molecule has 4 aromatic carbocycles. The van der Waals surface area contributed by atoms with E-state index in [9.17, 15) is 18.0 Å². The van der Waals surface area contributed by atoms with E-state index in [0.29, 0.717) is 34.3 Å². The molecule has 10 heteroatoms. The smallest absolute Gasteiger partial charge is 0.264 e. The number of hydrogen-bond acceptors (Lipinski definition) is 4. The molecule has 7 nitrogen and oxygen atoms in total. The summed E-state index contributed by atoms with van der Waals surface area (Å²) in [4.78, 5) is 29.7. The van der Waals surface area contributed by atoms with E-state index in [1.165, 1.54) is 17.0 Å². The highest BCUT2D eigenvalue weighted by molar-refractivity contribution is 7.92. The Labute approximate surface area is 275 Å². The molecular formula is C35H37Cl2N3O4S. The van der Waals surface area contributed by atoms with Gasteiger partial charge in [0, 0.05) is 35.1 Å². The van der Waals surface area contributed by atoms with Crippen molar-refractivity contribution >= 4 is 50.7 Å². The number of halogens is 2. The fourth-order valence-electron chi connectivity index (χ4n) is 4.92. The van der Waals surface area contributed by atoms with E-state index in [2.05, 4.69) is 5.32 Å². The van der Waals surface area contributed by atoms with Gasteiger partial charge in [0.25, 0.3) is 10.0 Å². The lowest BCUT2D eigenvalue weighted by Crippen LogP contribution is -2.53. The number of aryl methyl sites for hydroxylation is 1. The molecule has 0 aromatic heterocycles. The van der Waals surface area contributed by atoms with Crippen LogP contribution in [0.5, 0.6) is 0 Å². The van der Waals surface area contributed by atoms with Crippen molar-refractivity contribution in [1.29, 1.82) is 0 Å². The molecule has 1 N–H and O–H groups in total. The molecule has 1 atom stereocenters. The molecule has 0 saturated carbocycles. The maximum absolute atomic E-state index is 14.5. The number of carbonyl (C=O) groups excluding carboxylic acids is 2. The van der Waals surface area contributed by atoms with Crippen LogP contribution in [0.4, 0.5) is 5.69 Å². The minimum atomic E-state index is -4.18. The van der Waals surface area contributed by atoms with Crippen LogP contribution in [0.2, 0.25) is 10.0 Å². The molecule has 0 spiro atoms. The predicted octanol–water partition coefficient (Wildman–Crippen LogP) is 6.92. The highest BCUT2D eigenvalue weighted by Crippen LogP contribution is 2.29. The Kier molecular flexibility index (Phi) is 12.0. The highest BCUT2D eigenvalue weighted by Gasteiger charge is 2.35. The van der Waals surface area contributed by atoms with Crippen molar-refractivity contribution in [1.82, 2.24) is 10.2 Å². The third kappa shape index (κ3) is 8.66. The van der Waals surface area contributed by atoms with Gasteiger partial charge in [-0.1, -0.05) is 104 Å². The fraction of sp³-hybridized carbons (Fsp3) is 0.257. The van der Waals surface area contributed by atoms with Gasteiger partial charge in [-0.3, -0.25) is 13.9 Å². The summed E-state index contributed by atoms with van der Waals surface area (Å²) in [5.74, 6) is -0.945. The first-order chi connectivity index (χ1) is 21.6. The highest BCUT2D eigenvalue weighted by atomic mass is 35.5. The first kappa shape index (κ1) is 34.0. The number of benzene rings is 4. The lowest BCUT2D eigenvalue weighted by Gasteiger charge is -2.34. The summed E-state index contributed by atoms with van der Waals surface area (Å²) < 4.78 is 29.3. The molecule has 45 heavy (non-hydrogen) atoms. The van der Waals surface area contributed by atoms with Gasteiger partial charge in [-0.15, -0.1) is 0 Å². The molecule has 4 aromatic rings. The lowest BCUT2D eigenvalue weighted by molar-refractivity contribution is -0.140. The Hall–Kier alpha value is -3.85. The molecule has 0 radical (unpaired) electrons. The minimum Gasteiger partial charge on any atom is -0.354 e. The van der Waals surface area contributed by atoms with Crippen LogP contribution in [0, 0.1) is 0 Å². The molecule has 4 rings (SSSR count). The largest absolute Gasteiger partial charge is 0.354 e. The van der Waals surface area contributed by atoms with Crippen LogP contribution in [0.1, 0.15) is 37.0 Å².